The summed E-state index contributed by atoms with van der Waals surface area (Å²) in [6.45, 7) is 2.11. The zero-order valence-corrected chi connectivity index (χ0v) is 11.9. The van der Waals surface area contributed by atoms with Gasteiger partial charge < -0.3 is 5.11 Å². The first kappa shape index (κ1) is 13.4. The summed E-state index contributed by atoms with van der Waals surface area (Å²) in [5.74, 6) is -0.513. The number of carbonyl (C=O) groups is 2. The van der Waals surface area contributed by atoms with Crippen molar-refractivity contribution in [1.82, 2.24) is 0 Å². The SMILES string of the molecule is C[C@@H]1CC[C@H]2C(=O)N(c3ccc(Cl)cc3O)C(=O)[C@@H]2C1. The second kappa shape index (κ2) is 4.77. The van der Waals surface area contributed by atoms with Crippen LogP contribution in [0.1, 0.15) is 26.2 Å². The summed E-state index contributed by atoms with van der Waals surface area (Å²) in [4.78, 5) is 26.1. The summed E-state index contributed by atoms with van der Waals surface area (Å²) in [6.07, 6.45) is 2.47. The predicted octanol–water partition coefficient (Wildman–Crippen LogP) is 2.97. The normalized spacial score (nSPS) is 29.7. The molecule has 2 fully saturated rings. The van der Waals surface area contributed by atoms with Crippen LogP contribution in [0.15, 0.2) is 18.2 Å². The first-order valence-electron chi connectivity index (χ1n) is 6.85. The Morgan fingerprint density at radius 3 is 2.60 bits per heavy atom. The minimum Gasteiger partial charge on any atom is -0.506 e. The van der Waals surface area contributed by atoms with Crippen molar-refractivity contribution in [2.75, 3.05) is 4.90 Å². The van der Waals surface area contributed by atoms with Gasteiger partial charge in [0.1, 0.15) is 5.75 Å². The third kappa shape index (κ3) is 1.99. The van der Waals surface area contributed by atoms with Crippen LogP contribution in [-0.4, -0.2) is 16.9 Å². The highest BCUT2D eigenvalue weighted by molar-refractivity contribution is 6.31. The maximum absolute atomic E-state index is 12.5. The van der Waals surface area contributed by atoms with E-state index in [2.05, 4.69) is 6.92 Å². The standard InChI is InChI=1S/C15H16ClNO3/c1-8-2-4-10-11(6-8)15(20)17(14(10)19)12-5-3-9(16)7-13(12)18/h3,5,7-8,10-11,18H,2,4,6H2,1H3/t8-,10-,11-/m1/s1. The predicted molar refractivity (Wildman–Crippen MR) is 75.6 cm³/mol. The largest absolute Gasteiger partial charge is 0.506 e. The topological polar surface area (TPSA) is 57.6 Å². The van der Waals surface area contributed by atoms with Gasteiger partial charge in [-0.25, -0.2) is 4.90 Å². The van der Waals surface area contributed by atoms with Gasteiger partial charge in [-0.3, -0.25) is 9.59 Å². The minimum atomic E-state index is -0.235. The molecular weight excluding hydrogens is 278 g/mol. The van der Waals surface area contributed by atoms with Crippen molar-refractivity contribution >= 4 is 29.1 Å². The molecule has 1 aromatic rings. The van der Waals surface area contributed by atoms with Crippen LogP contribution in [0, 0.1) is 17.8 Å². The number of hydrogen-bond acceptors (Lipinski definition) is 3. The van der Waals surface area contributed by atoms with E-state index in [-0.39, 0.29) is 35.1 Å². The van der Waals surface area contributed by atoms with E-state index in [9.17, 15) is 14.7 Å². The van der Waals surface area contributed by atoms with Crippen LogP contribution in [0.3, 0.4) is 0 Å². The molecule has 4 nitrogen and oxygen atoms in total. The Hall–Kier alpha value is -1.55. The van der Waals surface area contributed by atoms with Gasteiger partial charge >= 0.3 is 0 Å². The molecule has 1 aliphatic carbocycles. The molecule has 1 aromatic carbocycles. The average Bonchev–Trinajstić information content (AvgIpc) is 2.63. The number of halogens is 1. The molecule has 106 valence electrons. The lowest BCUT2D eigenvalue weighted by Gasteiger charge is -2.25. The van der Waals surface area contributed by atoms with Gasteiger partial charge in [-0.1, -0.05) is 18.5 Å². The molecular formula is C15H16ClNO3. The number of aromatic hydroxyl groups is 1. The third-order valence-electron chi connectivity index (χ3n) is 4.37. The molecule has 1 saturated heterocycles. The summed E-state index contributed by atoms with van der Waals surface area (Å²) in [7, 11) is 0. The Bertz CT molecular complexity index is 586. The Morgan fingerprint density at radius 2 is 1.90 bits per heavy atom. The van der Waals surface area contributed by atoms with Gasteiger partial charge in [0, 0.05) is 11.1 Å². The van der Waals surface area contributed by atoms with E-state index in [1.807, 2.05) is 0 Å². The molecule has 0 bridgehead atoms. The maximum Gasteiger partial charge on any atom is 0.237 e. The van der Waals surface area contributed by atoms with E-state index < -0.39 is 0 Å². The number of amides is 2. The van der Waals surface area contributed by atoms with E-state index in [1.165, 1.54) is 12.1 Å². The molecule has 5 heteroatoms. The summed E-state index contributed by atoms with van der Waals surface area (Å²) in [5.41, 5.74) is 0.242. The first-order valence-corrected chi connectivity index (χ1v) is 7.23. The molecule has 1 heterocycles. The van der Waals surface area contributed by atoms with Crippen LogP contribution >= 0.6 is 11.6 Å². The van der Waals surface area contributed by atoms with Gasteiger partial charge in [0.15, 0.2) is 0 Å². The molecule has 2 aliphatic rings. The van der Waals surface area contributed by atoms with E-state index >= 15 is 0 Å². The van der Waals surface area contributed by atoms with Crippen LogP contribution in [0.5, 0.6) is 5.75 Å². The molecule has 20 heavy (non-hydrogen) atoms. The summed E-state index contributed by atoms with van der Waals surface area (Å²) in [5, 5.41) is 10.3. The number of phenolic OH excluding ortho intramolecular Hbond substituents is 1. The van der Waals surface area contributed by atoms with Crippen LogP contribution in [-0.2, 0) is 9.59 Å². The molecule has 0 unspecified atom stereocenters. The molecule has 0 spiro atoms. The second-order valence-electron chi connectivity index (χ2n) is 5.78. The summed E-state index contributed by atoms with van der Waals surface area (Å²) >= 11 is 5.79. The number of hydrogen-bond donors (Lipinski definition) is 1. The van der Waals surface area contributed by atoms with Crippen molar-refractivity contribution in [3.63, 3.8) is 0 Å². The summed E-state index contributed by atoms with van der Waals surface area (Å²) in [6, 6.07) is 4.44. The molecule has 0 aromatic heterocycles. The van der Waals surface area contributed by atoms with E-state index in [1.54, 1.807) is 6.07 Å². The molecule has 2 amide bonds. The number of anilines is 1. The number of fused-ring (bicyclic) bond motifs is 1. The Morgan fingerprint density at radius 1 is 1.20 bits per heavy atom. The van der Waals surface area contributed by atoms with E-state index in [0.717, 1.165) is 24.2 Å². The monoisotopic (exact) mass is 293 g/mol. The van der Waals surface area contributed by atoms with Crippen molar-refractivity contribution in [2.45, 2.75) is 26.2 Å². The lowest BCUT2D eigenvalue weighted by atomic mass is 9.76. The fourth-order valence-electron chi connectivity index (χ4n) is 3.31. The second-order valence-corrected chi connectivity index (χ2v) is 6.21. The van der Waals surface area contributed by atoms with Crippen molar-refractivity contribution in [2.24, 2.45) is 17.8 Å². The van der Waals surface area contributed by atoms with Crippen molar-refractivity contribution in [3.8, 4) is 5.75 Å². The lowest BCUT2D eigenvalue weighted by Crippen LogP contribution is -2.30. The first-order chi connectivity index (χ1) is 9.49. The fourth-order valence-corrected chi connectivity index (χ4v) is 3.48. The Balaban J connectivity index is 1.98. The molecule has 3 rings (SSSR count). The maximum atomic E-state index is 12.5. The third-order valence-corrected chi connectivity index (χ3v) is 4.60. The smallest absolute Gasteiger partial charge is 0.237 e. The van der Waals surface area contributed by atoms with Gasteiger partial charge in [-0.05, 0) is 37.3 Å². The minimum absolute atomic E-state index is 0.133. The van der Waals surface area contributed by atoms with Gasteiger partial charge in [0.2, 0.25) is 11.8 Å². The van der Waals surface area contributed by atoms with Crippen LogP contribution in [0.2, 0.25) is 5.02 Å². The Kier molecular flexibility index (Phi) is 3.21. The number of rotatable bonds is 1. The van der Waals surface area contributed by atoms with Crippen LogP contribution in [0.25, 0.3) is 0 Å². The number of carbonyl (C=O) groups excluding carboxylic acids is 2. The van der Waals surface area contributed by atoms with E-state index in [0.29, 0.717) is 10.9 Å². The van der Waals surface area contributed by atoms with Crippen molar-refractivity contribution in [3.05, 3.63) is 23.2 Å². The van der Waals surface area contributed by atoms with E-state index in [4.69, 9.17) is 11.6 Å². The molecule has 0 radical (unpaired) electrons. The number of phenols is 1. The quantitative estimate of drug-likeness (QED) is 0.810. The van der Waals surface area contributed by atoms with Crippen LogP contribution < -0.4 is 4.90 Å². The summed E-state index contributed by atoms with van der Waals surface area (Å²) < 4.78 is 0. The zero-order chi connectivity index (χ0) is 14.4. The molecule has 1 N–H and O–H groups in total. The Labute approximate surface area is 122 Å². The number of nitrogens with zero attached hydrogens (tertiary/aromatic N) is 1. The van der Waals surface area contributed by atoms with Gasteiger partial charge in [0.05, 0.1) is 17.5 Å². The highest BCUT2D eigenvalue weighted by atomic mass is 35.5. The molecule has 1 saturated carbocycles. The van der Waals surface area contributed by atoms with Gasteiger partial charge in [0.25, 0.3) is 0 Å². The molecule has 3 atom stereocenters. The number of imide groups is 1. The lowest BCUT2D eigenvalue weighted by molar-refractivity contribution is -0.122. The average molecular weight is 294 g/mol. The fraction of sp³-hybridized carbons (Fsp3) is 0.467. The highest BCUT2D eigenvalue weighted by Crippen LogP contribution is 2.44. The van der Waals surface area contributed by atoms with Gasteiger partial charge in [-0.2, -0.15) is 0 Å². The van der Waals surface area contributed by atoms with Crippen LogP contribution in [0.4, 0.5) is 5.69 Å². The molecule has 1 aliphatic heterocycles. The number of benzene rings is 1. The van der Waals surface area contributed by atoms with Gasteiger partial charge in [-0.15, -0.1) is 0 Å². The zero-order valence-electron chi connectivity index (χ0n) is 11.2. The highest BCUT2D eigenvalue weighted by Gasteiger charge is 2.50. The van der Waals surface area contributed by atoms with Crippen molar-refractivity contribution < 1.29 is 14.7 Å². The van der Waals surface area contributed by atoms with Crippen molar-refractivity contribution in [1.29, 1.82) is 0 Å².